The summed E-state index contributed by atoms with van der Waals surface area (Å²) >= 11 is 0. The molecule has 18 heavy (non-hydrogen) atoms. The molecule has 0 heterocycles. The highest BCUT2D eigenvalue weighted by atomic mass is 16.6. The summed E-state index contributed by atoms with van der Waals surface area (Å²) in [5.41, 5.74) is -0.675. The second-order valence-electron chi connectivity index (χ2n) is 5.04. The number of hydrogen-bond donors (Lipinski definition) is 2. The number of hydrogen-bond acceptors (Lipinski definition) is 4. The third-order valence-electron chi connectivity index (χ3n) is 2.16. The van der Waals surface area contributed by atoms with Crippen LogP contribution in [0.3, 0.4) is 0 Å². The summed E-state index contributed by atoms with van der Waals surface area (Å²) in [6, 6.07) is -1.05. The summed E-state index contributed by atoms with van der Waals surface area (Å²) in [6.45, 7) is 6.99. The zero-order valence-corrected chi connectivity index (χ0v) is 11.5. The molecular formula is C12H23NO5. The Morgan fingerprint density at radius 1 is 1.33 bits per heavy atom. The third-order valence-corrected chi connectivity index (χ3v) is 2.16. The van der Waals surface area contributed by atoms with Crippen LogP contribution in [0.25, 0.3) is 0 Å². The normalized spacial score (nSPS) is 12.9. The van der Waals surface area contributed by atoms with Gasteiger partial charge in [0.05, 0.1) is 0 Å². The summed E-state index contributed by atoms with van der Waals surface area (Å²) < 4.78 is 5.17. The van der Waals surface area contributed by atoms with Crippen LogP contribution >= 0.6 is 0 Å². The van der Waals surface area contributed by atoms with Crippen molar-refractivity contribution >= 4 is 12.1 Å². The first-order valence-electron chi connectivity index (χ1n) is 6.06. The number of rotatable bonds is 6. The van der Waals surface area contributed by atoms with Gasteiger partial charge in [0.15, 0.2) is 0 Å². The molecular weight excluding hydrogens is 238 g/mol. The van der Waals surface area contributed by atoms with Crippen molar-refractivity contribution in [1.29, 1.82) is 0 Å². The maximum atomic E-state index is 11.9. The van der Waals surface area contributed by atoms with E-state index in [0.717, 1.165) is 4.90 Å². The standard InChI is InChI=1S/C12H23NO5/c1-5-7-13(9(6-8-14)10(15)16)11(17)18-12(2,3)4/h9,14H,5-8H2,1-4H3,(H,15,16)/t9-/m0/s1. The lowest BCUT2D eigenvalue weighted by Crippen LogP contribution is -2.48. The fraction of sp³-hybridized carbons (Fsp3) is 0.833. The van der Waals surface area contributed by atoms with E-state index in [2.05, 4.69) is 0 Å². The topological polar surface area (TPSA) is 87.1 Å². The van der Waals surface area contributed by atoms with Gasteiger partial charge in [-0.3, -0.25) is 4.90 Å². The molecule has 0 bridgehead atoms. The van der Waals surface area contributed by atoms with Gasteiger partial charge in [-0.05, 0) is 27.2 Å². The molecule has 0 aliphatic heterocycles. The Balaban J connectivity index is 4.90. The minimum atomic E-state index is -1.14. The fourth-order valence-electron chi connectivity index (χ4n) is 1.47. The predicted molar refractivity (Wildman–Crippen MR) is 66.4 cm³/mol. The molecule has 0 rings (SSSR count). The van der Waals surface area contributed by atoms with Crippen molar-refractivity contribution in [2.24, 2.45) is 0 Å². The Kier molecular flexibility index (Phi) is 6.68. The number of aliphatic hydroxyl groups is 1. The molecule has 0 aromatic heterocycles. The van der Waals surface area contributed by atoms with Crippen LogP contribution in [-0.4, -0.2) is 52.0 Å². The van der Waals surface area contributed by atoms with Crippen LogP contribution in [0.1, 0.15) is 40.5 Å². The zero-order valence-electron chi connectivity index (χ0n) is 11.5. The van der Waals surface area contributed by atoms with Crippen LogP contribution in [0, 0.1) is 0 Å². The Morgan fingerprint density at radius 2 is 1.89 bits per heavy atom. The van der Waals surface area contributed by atoms with Crippen molar-refractivity contribution < 1.29 is 24.5 Å². The van der Waals surface area contributed by atoms with Crippen molar-refractivity contribution in [3.8, 4) is 0 Å². The number of nitrogens with zero attached hydrogens (tertiary/aromatic N) is 1. The van der Waals surface area contributed by atoms with Crippen molar-refractivity contribution in [3.05, 3.63) is 0 Å². The van der Waals surface area contributed by atoms with Crippen molar-refractivity contribution in [1.82, 2.24) is 4.90 Å². The van der Waals surface area contributed by atoms with E-state index < -0.39 is 23.7 Å². The maximum absolute atomic E-state index is 11.9. The van der Waals surface area contributed by atoms with E-state index in [0.29, 0.717) is 6.42 Å². The van der Waals surface area contributed by atoms with Gasteiger partial charge in [0.25, 0.3) is 0 Å². The van der Waals surface area contributed by atoms with Gasteiger partial charge in [-0.25, -0.2) is 9.59 Å². The van der Waals surface area contributed by atoms with Gasteiger partial charge in [-0.15, -0.1) is 0 Å². The first kappa shape index (κ1) is 16.7. The highest BCUT2D eigenvalue weighted by molar-refractivity contribution is 5.80. The van der Waals surface area contributed by atoms with E-state index in [1.54, 1.807) is 20.8 Å². The van der Waals surface area contributed by atoms with E-state index in [1.807, 2.05) is 6.92 Å². The number of amides is 1. The molecule has 6 heteroatoms. The quantitative estimate of drug-likeness (QED) is 0.756. The van der Waals surface area contributed by atoms with Crippen LogP contribution in [0.5, 0.6) is 0 Å². The van der Waals surface area contributed by atoms with Gasteiger partial charge >= 0.3 is 12.1 Å². The predicted octanol–water partition coefficient (Wildman–Crippen LogP) is 1.47. The average Bonchev–Trinajstić information content (AvgIpc) is 2.20. The number of carbonyl (C=O) groups excluding carboxylic acids is 1. The van der Waals surface area contributed by atoms with Crippen LogP contribution in [0.4, 0.5) is 4.79 Å². The smallest absolute Gasteiger partial charge is 0.411 e. The summed E-state index contributed by atoms with van der Waals surface area (Å²) in [5, 5.41) is 18.0. The molecule has 0 unspecified atom stereocenters. The Bertz CT molecular complexity index is 285. The zero-order chi connectivity index (χ0) is 14.3. The summed E-state index contributed by atoms with van der Waals surface area (Å²) in [5.74, 6) is -1.14. The lowest BCUT2D eigenvalue weighted by molar-refractivity contribution is -0.143. The molecule has 0 aliphatic carbocycles. The molecule has 106 valence electrons. The molecule has 2 N–H and O–H groups in total. The molecule has 0 aromatic rings. The van der Waals surface area contributed by atoms with Gasteiger partial charge in [0, 0.05) is 19.6 Å². The molecule has 0 radical (unpaired) electrons. The second-order valence-corrected chi connectivity index (χ2v) is 5.04. The van der Waals surface area contributed by atoms with Crippen molar-refractivity contribution in [3.63, 3.8) is 0 Å². The third kappa shape index (κ3) is 5.86. The summed E-state index contributed by atoms with van der Waals surface area (Å²) in [7, 11) is 0. The van der Waals surface area contributed by atoms with E-state index in [-0.39, 0.29) is 19.6 Å². The van der Waals surface area contributed by atoms with Crippen molar-refractivity contribution in [2.75, 3.05) is 13.2 Å². The number of ether oxygens (including phenoxy) is 1. The summed E-state index contributed by atoms with van der Waals surface area (Å²) in [6.07, 6.45) is -0.0477. The van der Waals surface area contributed by atoms with E-state index in [1.165, 1.54) is 0 Å². The first-order chi connectivity index (χ1) is 8.22. The molecule has 1 atom stereocenters. The van der Waals surface area contributed by atoms with Gasteiger partial charge < -0.3 is 14.9 Å². The van der Waals surface area contributed by atoms with E-state index >= 15 is 0 Å². The largest absolute Gasteiger partial charge is 0.480 e. The number of aliphatic hydroxyl groups excluding tert-OH is 1. The number of carboxylic acids is 1. The monoisotopic (exact) mass is 261 g/mol. The van der Waals surface area contributed by atoms with Gasteiger partial charge in [-0.2, -0.15) is 0 Å². The van der Waals surface area contributed by atoms with Gasteiger partial charge in [-0.1, -0.05) is 6.92 Å². The van der Waals surface area contributed by atoms with E-state index in [9.17, 15) is 9.59 Å². The molecule has 0 saturated heterocycles. The molecule has 6 nitrogen and oxygen atoms in total. The Morgan fingerprint density at radius 3 is 2.22 bits per heavy atom. The SMILES string of the molecule is CCCN(C(=O)OC(C)(C)C)[C@@H](CCO)C(=O)O. The molecule has 0 spiro atoms. The summed E-state index contributed by atoms with van der Waals surface area (Å²) in [4.78, 5) is 24.2. The molecule has 0 fully saturated rings. The minimum absolute atomic E-state index is 0.00538. The van der Waals surface area contributed by atoms with Gasteiger partial charge in [0.2, 0.25) is 0 Å². The highest BCUT2D eigenvalue weighted by Gasteiger charge is 2.31. The van der Waals surface area contributed by atoms with Crippen LogP contribution in [0.2, 0.25) is 0 Å². The number of aliphatic carboxylic acids is 1. The van der Waals surface area contributed by atoms with Gasteiger partial charge in [0.1, 0.15) is 11.6 Å². The average molecular weight is 261 g/mol. The minimum Gasteiger partial charge on any atom is -0.480 e. The molecule has 1 amide bonds. The first-order valence-corrected chi connectivity index (χ1v) is 6.06. The van der Waals surface area contributed by atoms with E-state index in [4.69, 9.17) is 14.9 Å². The van der Waals surface area contributed by atoms with Crippen LogP contribution < -0.4 is 0 Å². The molecule has 0 aliphatic rings. The highest BCUT2D eigenvalue weighted by Crippen LogP contribution is 2.14. The number of carboxylic acid groups (broad SMARTS) is 1. The van der Waals surface area contributed by atoms with Crippen LogP contribution in [-0.2, 0) is 9.53 Å². The maximum Gasteiger partial charge on any atom is 0.411 e. The Labute approximate surface area is 108 Å². The Hall–Kier alpha value is -1.30. The second kappa shape index (κ2) is 7.20. The fourth-order valence-corrected chi connectivity index (χ4v) is 1.47. The lowest BCUT2D eigenvalue weighted by Gasteiger charge is -2.31. The lowest BCUT2D eigenvalue weighted by atomic mass is 10.1. The number of carbonyl (C=O) groups is 2. The van der Waals surface area contributed by atoms with Crippen LogP contribution in [0.15, 0.2) is 0 Å². The molecule has 0 saturated carbocycles. The van der Waals surface area contributed by atoms with Crippen molar-refractivity contribution in [2.45, 2.75) is 52.2 Å². The molecule has 0 aromatic carbocycles.